The molecule has 106 valence electrons. The van der Waals surface area contributed by atoms with Crippen LogP contribution in [0.25, 0.3) is 0 Å². The van der Waals surface area contributed by atoms with Gasteiger partial charge in [0.05, 0.1) is 0 Å². The molecule has 2 nitrogen and oxygen atoms in total. The van der Waals surface area contributed by atoms with E-state index in [-0.39, 0.29) is 0 Å². The summed E-state index contributed by atoms with van der Waals surface area (Å²) >= 11 is 0. The molecule has 1 unspecified atom stereocenters. The summed E-state index contributed by atoms with van der Waals surface area (Å²) in [5.74, 6) is 2.74. The first-order valence-corrected chi connectivity index (χ1v) is 7.75. The molecule has 2 heteroatoms. The van der Waals surface area contributed by atoms with Gasteiger partial charge in [-0.1, -0.05) is 52.4 Å². The van der Waals surface area contributed by atoms with E-state index in [0.717, 1.165) is 18.1 Å². The lowest BCUT2D eigenvalue weighted by Gasteiger charge is -2.26. The van der Waals surface area contributed by atoms with Crippen molar-refractivity contribution in [2.45, 2.75) is 72.1 Å². The van der Waals surface area contributed by atoms with Gasteiger partial charge < -0.3 is 9.47 Å². The minimum absolute atomic E-state index is 0.580. The first-order chi connectivity index (χ1) is 8.79. The van der Waals surface area contributed by atoms with Crippen molar-refractivity contribution in [3.05, 3.63) is 11.5 Å². The maximum Gasteiger partial charge on any atom is 0.136 e. The van der Waals surface area contributed by atoms with E-state index in [1.807, 2.05) is 6.92 Å². The topological polar surface area (TPSA) is 18.5 Å². The van der Waals surface area contributed by atoms with Crippen LogP contribution < -0.4 is 0 Å². The fourth-order valence-electron chi connectivity index (χ4n) is 2.67. The van der Waals surface area contributed by atoms with Gasteiger partial charge in [0, 0.05) is 5.92 Å². The molecule has 1 rings (SSSR count). The van der Waals surface area contributed by atoms with Gasteiger partial charge in [0.25, 0.3) is 0 Å². The highest BCUT2D eigenvalue weighted by Crippen LogP contribution is 2.29. The minimum atomic E-state index is 0.580. The molecule has 0 aromatic carbocycles. The maximum absolute atomic E-state index is 5.84. The van der Waals surface area contributed by atoms with Crippen molar-refractivity contribution >= 4 is 0 Å². The van der Waals surface area contributed by atoms with Gasteiger partial charge in [0.15, 0.2) is 0 Å². The first-order valence-electron chi connectivity index (χ1n) is 7.75. The molecule has 0 aliphatic carbocycles. The van der Waals surface area contributed by atoms with Crippen LogP contribution in [0.3, 0.4) is 0 Å². The molecule has 1 atom stereocenters. The Labute approximate surface area is 113 Å². The van der Waals surface area contributed by atoms with Crippen LogP contribution in [0.2, 0.25) is 0 Å². The summed E-state index contributed by atoms with van der Waals surface area (Å²) in [5, 5.41) is 0. The van der Waals surface area contributed by atoms with Crippen molar-refractivity contribution in [2.24, 2.45) is 5.92 Å². The molecule has 0 N–H and O–H groups in total. The van der Waals surface area contributed by atoms with Crippen LogP contribution in [-0.2, 0) is 9.47 Å². The van der Waals surface area contributed by atoms with E-state index < -0.39 is 0 Å². The molecule has 0 saturated heterocycles. The summed E-state index contributed by atoms with van der Waals surface area (Å²) in [4.78, 5) is 0. The van der Waals surface area contributed by atoms with Crippen LogP contribution in [0.4, 0.5) is 0 Å². The highest BCUT2D eigenvalue weighted by Gasteiger charge is 2.21. The van der Waals surface area contributed by atoms with Gasteiger partial charge >= 0.3 is 0 Å². The van der Waals surface area contributed by atoms with E-state index in [4.69, 9.17) is 9.47 Å². The van der Waals surface area contributed by atoms with Gasteiger partial charge in [-0.05, 0) is 19.8 Å². The van der Waals surface area contributed by atoms with Crippen molar-refractivity contribution in [1.82, 2.24) is 0 Å². The predicted octanol–water partition coefficient (Wildman–Crippen LogP) is 5.04. The number of unbranched alkanes of at least 4 members (excludes halogenated alkanes) is 4. The predicted molar refractivity (Wildman–Crippen MR) is 76.4 cm³/mol. The molecular formula is C16H30O2. The number of rotatable bonds is 9. The van der Waals surface area contributed by atoms with E-state index in [1.54, 1.807) is 0 Å². The summed E-state index contributed by atoms with van der Waals surface area (Å²) in [6.45, 7) is 8.01. The molecule has 18 heavy (non-hydrogen) atoms. The maximum atomic E-state index is 5.84. The van der Waals surface area contributed by atoms with Crippen LogP contribution in [0.5, 0.6) is 0 Å². The molecule has 0 amide bonds. The highest BCUT2D eigenvalue weighted by molar-refractivity contribution is 5.05. The third-order valence-electron chi connectivity index (χ3n) is 3.67. The zero-order valence-electron chi connectivity index (χ0n) is 12.5. The Morgan fingerprint density at radius 3 is 2.28 bits per heavy atom. The Kier molecular flexibility index (Phi) is 7.95. The van der Waals surface area contributed by atoms with Gasteiger partial charge in [-0.3, -0.25) is 0 Å². The molecule has 0 radical (unpaired) electrons. The Morgan fingerprint density at radius 2 is 1.61 bits per heavy atom. The lowest BCUT2D eigenvalue weighted by Crippen LogP contribution is -2.18. The van der Waals surface area contributed by atoms with Crippen molar-refractivity contribution in [1.29, 1.82) is 0 Å². The normalized spacial score (nSPS) is 17.3. The molecule has 0 spiro atoms. The SMILES string of the molecule is CCCCCCCC(CCC)C1=C(C)OCCO1. The summed E-state index contributed by atoms with van der Waals surface area (Å²) in [6.07, 6.45) is 10.5. The third kappa shape index (κ3) is 5.32. The summed E-state index contributed by atoms with van der Waals surface area (Å²) in [7, 11) is 0. The Hall–Kier alpha value is -0.660. The van der Waals surface area contributed by atoms with Gasteiger partial charge in [-0.25, -0.2) is 0 Å². The first kappa shape index (κ1) is 15.4. The van der Waals surface area contributed by atoms with Crippen LogP contribution in [0.15, 0.2) is 11.5 Å². The largest absolute Gasteiger partial charge is 0.491 e. The second-order valence-corrected chi connectivity index (χ2v) is 5.31. The zero-order valence-corrected chi connectivity index (χ0v) is 12.5. The third-order valence-corrected chi connectivity index (χ3v) is 3.67. The lowest BCUT2D eigenvalue weighted by atomic mass is 9.93. The molecule has 1 aliphatic heterocycles. The highest BCUT2D eigenvalue weighted by atomic mass is 16.6. The van der Waals surface area contributed by atoms with Gasteiger partial charge in [0.2, 0.25) is 0 Å². The Bertz CT molecular complexity index is 245. The molecule has 0 fully saturated rings. The van der Waals surface area contributed by atoms with Crippen LogP contribution in [0, 0.1) is 5.92 Å². The van der Waals surface area contributed by atoms with E-state index >= 15 is 0 Å². The second-order valence-electron chi connectivity index (χ2n) is 5.31. The number of ether oxygens (including phenoxy) is 2. The van der Waals surface area contributed by atoms with Crippen molar-refractivity contribution in [3.63, 3.8) is 0 Å². The molecular weight excluding hydrogens is 224 g/mol. The van der Waals surface area contributed by atoms with Crippen LogP contribution in [-0.4, -0.2) is 13.2 Å². The van der Waals surface area contributed by atoms with Crippen molar-refractivity contribution in [3.8, 4) is 0 Å². The zero-order chi connectivity index (χ0) is 13.2. The van der Waals surface area contributed by atoms with Gasteiger partial charge in [-0.2, -0.15) is 0 Å². The number of hydrogen-bond acceptors (Lipinski definition) is 2. The molecule has 0 aromatic rings. The minimum Gasteiger partial charge on any atom is -0.491 e. The summed E-state index contributed by atoms with van der Waals surface area (Å²) < 4.78 is 11.5. The standard InChI is InChI=1S/C16H30O2/c1-4-6-7-8-9-11-15(10-5-2)16-14(3)17-12-13-18-16/h15H,4-13H2,1-3H3. The van der Waals surface area contributed by atoms with E-state index in [2.05, 4.69) is 13.8 Å². The average Bonchev–Trinajstić information content (AvgIpc) is 2.38. The van der Waals surface area contributed by atoms with Crippen molar-refractivity contribution < 1.29 is 9.47 Å². The number of hydrogen-bond donors (Lipinski definition) is 0. The molecule has 1 aliphatic rings. The average molecular weight is 254 g/mol. The second kappa shape index (κ2) is 9.29. The number of allylic oxidation sites excluding steroid dienone is 2. The van der Waals surface area contributed by atoms with Gasteiger partial charge in [0.1, 0.15) is 24.7 Å². The van der Waals surface area contributed by atoms with E-state index in [0.29, 0.717) is 12.5 Å². The van der Waals surface area contributed by atoms with Gasteiger partial charge in [-0.15, -0.1) is 0 Å². The quantitative estimate of drug-likeness (QED) is 0.537. The molecule has 1 heterocycles. The van der Waals surface area contributed by atoms with Crippen molar-refractivity contribution in [2.75, 3.05) is 13.2 Å². The fourth-order valence-corrected chi connectivity index (χ4v) is 2.67. The smallest absolute Gasteiger partial charge is 0.136 e. The lowest BCUT2D eigenvalue weighted by molar-refractivity contribution is 0.0433. The Morgan fingerprint density at radius 1 is 0.889 bits per heavy atom. The monoisotopic (exact) mass is 254 g/mol. The molecule has 0 aromatic heterocycles. The Balaban J connectivity index is 2.38. The summed E-state index contributed by atoms with van der Waals surface area (Å²) in [5.41, 5.74) is 0. The van der Waals surface area contributed by atoms with E-state index in [1.165, 1.54) is 51.4 Å². The van der Waals surface area contributed by atoms with Crippen LogP contribution >= 0.6 is 0 Å². The van der Waals surface area contributed by atoms with E-state index in [9.17, 15) is 0 Å². The fraction of sp³-hybridized carbons (Fsp3) is 0.875. The van der Waals surface area contributed by atoms with Crippen LogP contribution in [0.1, 0.15) is 72.1 Å². The summed E-state index contributed by atoms with van der Waals surface area (Å²) in [6, 6.07) is 0. The molecule has 0 bridgehead atoms. The molecule has 0 saturated carbocycles.